The lowest BCUT2D eigenvalue weighted by Crippen LogP contribution is -2.15. The molecule has 30 heavy (non-hydrogen) atoms. The van der Waals surface area contributed by atoms with Gasteiger partial charge >= 0.3 is 0 Å². The van der Waals surface area contributed by atoms with E-state index < -0.39 is 35.6 Å². The molecule has 0 saturated heterocycles. The highest BCUT2D eigenvalue weighted by Crippen LogP contribution is 2.30. The molecule has 1 aromatic heterocycles. The number of nitrogens with one attached hydrogen (secondary N) is 2. The minimum absolute atomic E-state index is 0.0216. The molecule has 0 aliphatic rings. The molecule has 14 heteroatoms. The zero-order valence-corrected chi connectivity index (χ0v) is 17.6. The number of ether oxygens (including phenoxy) is 1. The Morgan fingerprint density at radius 3 is 2.30 bits per heavy atom. The third-order valence-corrected chi connectivity index (χ3v) is 7.32. The van der Waals surface area contributed by atoms with Crippen molar-refractivity contribution in [1.29, 1.82) is 0 Å². The molecule has 0 radical (unpaired) electrons. The number of methoxy groups -OCH3 is 1. The zero-order valence-electron chi connectivity index (χ0n) is 15.2. The van der Waals surface area contributed by atoms with E-state index in [0.29, 0.717) is 0 Å². The first kappa shape index (κ1) is 21.5. The van der Waals surface area contributed by atoms with E-state index in [-0.39, 0.29) is 21.5 Å². The van der Waals surface area contributed by atoms with Gasteiger partial charge in [0.25, 0.3) is 25.7 Å². The minimum atomic E-state index is -4.32. The molecule has 1 heterocycles. The Morgan fingerprint density at radius 2 is 1.73 bits per heavy atom. The second kappa shape index (κ2) is 8.25. The van der Waals surface area contributed by atoms with Crippen LogP contribution in [0.2, 0.25) is 0 Å². The molecular weight excluding hydrogens is 456 g/mol. The lowest BCUT2D eigenvalue weighted by atomic mass is 10.3. The highest BCUT2D eigenvalue weighted by Gasteiger charge is 2.27. The maximum Gasteiger partial charge on any atom is 0.293 e. The Kier molecular flexibility index (Phi) is 5.91. The summed E-state index contributed by atoms with van der Waals surface area (Å²) in [6.45, 7) is 0. The second-order valence-electron chi connectivity index (χ2n) is 5.66. The molecule has 2 N–H and O–H groups in total. The van der Waals surface area contributed by atoms with Gasteiger partial charge in [0, 0.05) is 17.3 Å². The van der Waals surface area contributed by atoms with Crippen molar-refractivity contribution in [2.75, 3.05) is 16.6 Å². The first-order valence-corrected chi connectivity index (χ1v) is 11.8. The van der Waals surface area contributed by atoms with Crippen LogP contribution in [0.4, 0.5) is 16.5 Å². The zero-order chi connectivity index (χ0) is 21.9. The summed E-state index contributed by atoms with van der Waals surface area (Å²) < 4.78 is 59.3. The lowest BCUT2D eigenvalue weighted by molar-refractivity contribution is -0.387. The van der Waals surface area contributed by atoms with Crippen LogP contribution in [-0.4, -0.2) is 33.9 Å². The average molecular weight is 471 g/mol. The summed E-state index contributed by atoms with van der Waals surface area (Å²) in [5.74, 6) is 0.128. The standard InChI is InChI=1S/C16H14N4O7S3/c1-27-12-4-7-15(14(10-12)20(21)22)30(25,26)18-11-2-5-13(6-3-11)29(23,24)19-16-17-8-9-28-16/h2-10,18H,1H3,(H,17,19). The molecular formula is C16H14N4O7S3. The van der Waals surface area contributed by atoms with Gasteiger partial charge in [-0.1, -0.05) is 0 Å². The molecule has 0 bridgehead atoms. The molecule has 3 aromatic rings. The molecule has 0 fully saturated rings. The number of anilines is 2. The quantitative estimate of drug-likeness (QED) is 0.376. The van der Waals surface area contributed by atoms with Crippen molar-refractivity contribution in [3.05, 3.63) is 64.2 Å². The number of benzene rings is 2. The van der Waals surface area contributed by atoms with E-state index in [1.165, 1.54) is 43.6 Å². The maximum atomic E-state index is 12.6. The molecule has 158 valence electrons. The highest BCUT2D eigenvalue weighted by atomic mass is 32.2. The Bertz CT molecular complexity index is 1270. The van der Waals surface area contributed by atoms with Crippen LogP contribution in [0.5, 0.6) is 5.75 Å². The van der Waals surface area contributed by atoms with Crippen molar-refractivity contribution < 1.29 is 26.5 Å². The Hall–Kier alpha value is -3.23. The van der Waals surface area contributed by atoms with Gasteiger partial charge < -0.3 is 4.74 Å². The predicted octanol–water partition coefficient (Wildman–Crippen LogP) is 2.66. The number of thiazole rings is 1. The van der Waals surface area contributed by atoms with Crippen LogP contribution in [-0.2, 0) is 20.0 Å². The van der Waals surface area contributed by atoms with Gasteiger partial charge in [-0.3, -0.25) is 19.6 Å². The number of nitrogens with zero attached hydrogens (tertiary/aromatic N) is 2. The third-order valence-electron chi connectivity index (χ3n) is 3.72. The summed E-state index contributed by atoms with van der Waals surface area (Å²) in [5.41, 5.74) is -0.637. The largest absolute Gasteiger partial charge is 0.497 e. The number of nitro groups is 1. The van der Waals surface area contributed by atoms with E-state index >= 15 is 0 Å². The van der Waals surface area contributed by atoms with Crippen LogP contribution in [0.1, 0.15) is 0 Å². The van der Waals surface area contributed by atoms with E-state index in [1.807, 2.05) is 0 Å². The van der Waals surface area contributed by atoms with Gasteiger partial charge in [-0.05, 0) is 36.4 Å². The van der Waals surface area contributed by atoms with Gasteiger partial charge in [-0.25, -0.2) is 21.8 Å². The predicted molar refractivity (Wildman–Crippen MR) is 110 cm³/mol. The Labute approximate surface area is 175 Å². The molecule has 0 amide bonds. The van der Waals surface area contributed by atoms with Crippen molar-refractivity contribution in [2.24, 2.45) is 0 Å². The Morgan fingerprint density at radius 1 is 1.03 bits per heavy atom. The number of rotatable bonds is 8. The summed E-state index contributed by atoms with van der Waals surface area (Å²) >= 11 is 1.10. The monoisotopic (exact) mass is 470 g/mol. The number of hydrogen-bond donors (Lipinski definition) is 2. The number of nitro benzene ring substituents is 1. The normalized spacial score (nSPS) is 11.6. The maximum absolute atomic E-state index is 12.6. The molecule has 0 unspecified atom stereocenters. The van der Waals surface area contributed by atoms with Crippen molar-refractivity contribution in [3.8, 4) is 5.75 Å². The van der Waals surface area contributed by atoms with E-state index in [4.69, 9.17) is 4.74 Å². The van der Waals surface area contributed by atoms with E-state index in [2.05, 4.69) is 14.4 Å². The summed E-state index contributed by atoms with van der Waals surface area (Å²) in [5, 5.41) is 13.0. The number of aromatic nitrogens is 1. The summed E-state index contributed by atoms with van der Waals surface area (Å²) in [7, 11) is -6.93. The van der Waals surface area contributed by atoms with Crippen molar-refractivity contribution in [3.63, 3.8) is 0 Å². The molecule has 0 aliphatic heterocycles. The highest BCUT2D eigenvalue weighted by molar-refractivity contribution is 7.93. The smallest absolute Gasteiger partial charge is 0.293 e. The van der Waals surface area contributed by atoms with Crippen LogP contribution in [0.25, 0.3) is 0 Å². The first-order chi connectivity index (χ1) is 14.1. The fraction of sp³-hybridized carbons (Fsp3) is 0.0625. The van der Waals surface area contributed by atoms with E-state index in [9.17, 15) is 26.9 Å². The third kappa shape index (κ3) is 4.67. The van der Waals surface area contributed by atoms with Gasteiger partial charge in [0.15, 0.2) is 10.0 Å². The first-order valence-electron chi connectivity index (χ1n) is 8.00. The summed E-state index contributed by atoms with van der Waals surface area (Å²) in [4.78, 5) is 13.6. The van der Waals surface area contributed by atoms with Gasteiger partial charge in [-0.15, -0.1) is 11.3 Å². The topological polar surface area (TPSA) is 158 Å². The molecule has 0 saturated carbocycles. The summed E-state index contributed by atoms with van der Waals surface area (Å²) in [6.07, 6.45) is 1.44. The van der Waals surface area contributed by atoms with Crippen molar-refractivity contribution >= 4 is 47.9 Å². The second-order valence-corrected chi connectivity index (χ2v) is 9.89. The van der Waals surface area contributed by atoms with Crippen LogP contribution >= 0.6 is 11.3 Å². The molecule has 11 nitrogen and oxygen atoms in total. The van der Waals surface area contributed by atoms with Gasteiger partial charge in [0.1, 0.15) is 5.75 Å². The average Bonchev–Trinajstić information content (AvgIpc) is 3.19. The van der Waals surface area contributed by atoms with E-state index in [0.717, 1.165) is 23.5 Å². The molecule has 0 aliphatic carbocycles. The van der Waals surface area contributed by atoms with Gasteiger partial charge in [-0.2, -0.15) is 0 Å². The molecule has 0 spiro atoms. The molecule has 0 atom stereocenters. The molecule has 2 aromatic carbocycles. The fourth-order valence-corrected chi connectivity index (χ4v) is 5.36. The van der Waals surface area contributed by atoms with Crippen molar-refractivity contribution in [2.45, 2.75) is 9.79 Å². The van der Waals surface area contributed by atoms with Crippen molar-refractivity contribution in [1.82, 2.24) is 4.98 Å². The lowest BCUT2D eigenvalue weighted by Gasteiger charge is -2.10. The van der Waals surface area contributed by atoms with Crippen LogP contribution in [0.3, 0.4) is 0 Å². The van der Waals surface area contributed by atoms with E-state index in [1.54, 1.807) is 5.38 Å². The number of sulfonamides is 2. The fourth-order valence-electron chi connectivity index (χ4n) is 2.35. The Balaban J connectivity index is 1.85. The van der Waals surface area contributed by atoms with Crippen LogP contribution in [0, 0.1) is 10.1 Å². The van der Waals surface area contributed by atoms with Crippen LogP contribution in [0.15, 0.2) is 63.8 Å². The van der Waals surface area contributed by atoms with Gasteiger partial charge in [0.05, 0.1) is 23.0 Å². The minimum Gasteiger partial charge on any atom is -0.497 e. The molecule has 3 rings (SSSR count). The SMILES string of the molecule is COc1ccc(S(=O)(=O)Nc2ccc(S(=O)(=O)Nc3nccs3)cc2)c([N+](=O)[O-])c1. The summed E-state index contributed by atoms with van der Waals surface area (Å²) in [6, 6.07) is 8.16. The van der Waals surface area contributed by atoms with Gasteiger partial charge in [0.2, 0.25) is 0 Å². The van der Waals surface area contributed by atoms with Crippen LogP contribution < -0.4 is 14.2 Å². The number of hydrogen-bond acceptors (Lipinski definition) is 9.